The zero-order chi connectivity index (χ0) is 23.6. The summed E-state index contributed by atoms with van der Waals surface area (Å²) in [5.74, 6) is -1.53. The van der Waals surface area contributed by atoms with Gasteiger partial charge < -0.3 is 15.4 Å². The summed E-state index contributed by atoms with van der Waals surface area (Å²) in [5.41, 5.74) is 2.50. The first-order valence-corrected chi connectivity index (χ1v) is 10.4. The maximum Gasteiger partial charge on any atom is 0.338 e. The van der Waals surface area contributed by atoms with Crippen molar-refractivity contribution in [1.29, 1.82) is 5.26 Å². The van der Waals surface area contributed by atoms with Gasteiger partial charge >= 0.3 is 5.97 Å². The minimum atomic E-state index is -1.03. The number of carbonyl (C=O) groups is 3. The predicted octanol–water partition coefficient (Wildman–Crippen LogP) is 3.99. The van der Waals surface area contributed by atoms with E-state index in [1.807, 2.05) is 60.7 Å². The maximum absolute atomic E-state index is 12.8. The Kier molecular flexibility index (Phi) is 7.92. The van der Waals surface area contributed by atoms with Crippen LogP contribution in [0.3, 0.4) is 0 Å². The molecule has 0 bridgehead atoms. The van der Waals surface area contributed by atoms with Crippen molar-refractivity contribution < 1.29 is 19.1 Å². The first kappa shape index (κ1) is 23.2. The third-order valence-corrected chi connectivity index (χ3v) is 4.85. The molecule has 0 heterocycles. The Labute approximate surface area is 192 Å². The number of benzene rings is 3. The topological polar surface area (TPSA) is 108 Å². The van der Waals surface area contributed by atoms with Gasteiger partial charge in [0.25, 0.3) is 5.91 Å². The van der Waals surface area contributed by atoms with Crippen molar-refractivity contribution in [2.45, 2.75) is 25.5 Å². The molecule has 3 rings (SSSR count). The molecule has 3 aromatic carbocycles. The quantitative estimate of drug-likeness (QED) is 0.514. The first-order valence-electron chi connectivity index (χ1n) is 10.4. The van der Waals surface area contributed by atoms with Crippen LogP contribution in [-0.4, -0.2) is 23.9 Å². The molecule has 1 atom stereocenters. The Morgan fingerprint density at radius 1 is 0.879 bits per heavy atom. The van der Waals surface area contributed by atoms with Gasteiger partial charge in [-0.05, 0) is 42.3 Å². The summed E-state index contributed by atoms with van der Waals surface area (Å²) in [6, 6.07) is 26.4. The molecule has 2 amide bonds. The summed E-state index contributed by atoms with van der Waals surface area (Å²) in [6.07, 6.45) is -1.29. The van der Waals surface area contributed by atoms with Crippen molar-refractivity contribution in [2.75, 3.05) is 5.32 Å². The number of nitrogens with zero attached hydrogens (tertiary/aromatic N) is 1. The van der Waals surface area contributed by atoms with Crippen LogP contribution >= 0.6 is 0 Å². The number of hydrogen-bond acceptors (Lipinski definition) is 5. The molecule has 7 nitrogen and oxygen atoms in total. The Morgan fingerprint density at radius 2 is 1.42 bits per heavy atom. The Balaban J connectivity index is 1.65. The third kappa shape index (κ3) is 6.52. The van der Waals surface area contributed by atoms with Crippen LogP contribution < -0.4 is 10.6 Å². The van der Waals surface area contributed by atoms with Crippen LogP contribution in [0.4, 0.5) is 5.69 Å². The second-order valence-corrected chi connectivity index (χ2v) is 7.27. The molecular formula is C26H23N3O4. The van der Waals surface area contributed by atoms with Crippen LogP contribution in [0.1, 0.15) is 40.9 Å². The molecule has 0 saturated carbocycles. The lowest BCUT2D eigenvalue weighted by molar-refractivity contribution is -0.129. The third-order valence-electron chi connectivity index (χ3n) is 4.85. The molecule has 166 valence electrons. The van der Waals surface area contributed by atoms with Crippen LogP contribution in [0, 0.1) is 11.3 Å². The molecule has 7 heteroatoms. The van der Waals surface area contributed by atoms with Gasteiger partial charge in [-0.1, -0.05) is 60.7 Å². The molecule has 0 fully saturated rings. The van der Waals surface area contributed by atoms with Crippen molar-refractivity contribution in [3.63, 3.8) is 0 Å². The van der Waals surface area contributed by atoms with Gasteiger partial charge in [-0.3, -0.25) is 9.59 Å². The van der Waals surface area contributed by atoms with E-state index in [0.29, 0.717) is 5.69 Å². The van der Waals surface area contributed by atoms with Gasteiger partial charge in [0, 0.05) is 5.69 Å². The number of amides is 2. The van der Waals surface area contributed by atoms with Crippen molar-refractivity contribution in [3.8, 4) is 6.07 Å². The van der Waals surface area contributed by atoms with Gasteiger partial charge in [-0.2, -0.15) is 5.26 Å². The lowest BCUT2D eigenvalue weighted by atomic mass is 9.98. The van der Waals surface area contributed by atoms with E-state index >= 15 is 0 Å². The molecule has 0 radical (unpaired) electrons. The molecule has 3 aromatic rings. The fourth-order valence-electron chi connectivity index (χ4n) is 3.16. The van der Waals surface area contributed by atoms with Crippen molar-refractivity contribution in [3.05, 3.63) is 102 Å². The highest BCUT2D eigenvalue weighted by molar-refractivity contribution is 5.94. The number of anilines is 1. The molecule has 0 aliphatic carbocycles. The number of hydrogen-bond donors (Lipinski definition) is 2. The monoisotopic (exact) mass is 441 g/mol. The normalized spacial score (nSPS) is 11.2. The fourth-order valence-corrected chi connectivity index (χ4v) is 3.16. The fraction of sp³-hybridized carbons (Fsp3) is 0.154. The molecule has 2 N–H and O–H groups in total. The molecule has 0 spiro atoms. The van der Waals surface area contributed by atoms with Gasteiger partial charge in [0.05, 0.1) is 17.7 Å². The zero-order valence-electron chi connectivity index (χ0n) is 18.0. The van der Waals surface area contributed by atoms with Crippen LogP contribution in [0.2, 0.25) is 0 Å². The number of esters is 1. The van der Waals surface area contributed by atoms with Gasteiger partial charge in [0.15, 0.2) is 6.10 Å². The number of nitriles is 1. The lowest BCUT2D eigenvalue weighted by Crippen LogP contribution is -2.38. The molecule has 0 aliphatic heterocycles. The van der Waals surface area contributed by atoms with E-state index in [0.717, 1.165) is 11.1 Å². The van der Waals surface area contributed by atoms with Gasteiger partial charge in [-0.15, -0.1) is 0 Å². The van der Waals surface area contributed by atoms with Crippen molar-refractivity contribution in [2.24, 2.45) is 0 Å². The van der Waals surface area contributed by atoms with Gasteiger partial charge in [-0.25, -0.2) is 4.79 Å². The van der Waals surface area contributed by atoms with Crippen LogP contribution in [0.15, 0.2) is 84.9 Å². The van der Waals surface area contributed by atoms with Crippen LogP contribution in [-0.2, 0) is 14.3 Å². The van der Waals surface area contributed by atoms with E-state index in [-0.39, 0.29) is 12.0 Å². The average Bonchev–Trinajstić information content (AvgIpc) is 2.84. The largest absolute Gasteiger partial charge is 0.449 e. The van der Waals surface area contributed by atoms with E-state index in [1.54, 1.807) is 6.07 Å². The van der Waals surface area contributed by atoms with E-state index in [9.17, 15) is 14.4 Å². The van der Waals surface area contributed by atoms with Crippen LogP contribution in [0.5, 0.6) is 0 Å². The second kappa shape index (κ2) is 11.3. The average molecular weight is 441 g/mol. The predicted molar refractivity (Wildman–Crippen MR) is 123 cm³/mol. The van der Waals surface area contributed by atoms with E-state index in [1.165, 1.54) is 31.2 Å². The van der Waals surface area contributed by atoms with Crippen molar-refractivity contribution >= 4 is 23.5 Å². The number of rotatable bonds is 8. The number of carbonyl (C=O) groups excluding carboxylic acids is 3. The Morgan fingerprint density at radius 3 is 1.94 bits per heavy atom. The smallest absolute Gasteiger partial charge is 0.338 e. The zero-order valence-corrected chi connectivity index (χ0v) is 18.0. The number of nitrogens with one attached hydrogen (secondary N) is 2. The van der Waals surface area contributed by atoms with E-state index in [4.69, 9.17) is 10.00 Å². The van der Waals surface area contributed by atoms with Gasteiger partial charge in [0.2, 0.25) is 5.91 Å². The lowest BCUT2D eigenvalue weighted by Gasteiger charge is -2.22. The van der Waals surface area contributed by atoms with E-state index in [2.05, 4.69) is 10.6 Å². The van der Waals surface area contributed by atoms with Gasteiger partial charge in [0.1, 0.15) is 6.42 Å². The molecule has 33 heavy (non-hydrogen) atoms. The minimum absolute atomic E-state index is 0.232. The molecule has 0 saturated heterocycles. The first-order chi connectivity index (χ1) is 16.0. The summed E-state index contributed by atoms with van der Waals surface area (Å²) < 4.78 is 5.35. The summed E-state index contributed by atoms with van der Waals surface area (Å²) >= 11 is 0. The second-order valence-electron chi connectivity index (χ2n) is 7.27. The van der Waals surface area contributed by atoms with Crippen molar-refractivity contribution in [1.82, 2.24) is 5.32 Å². The molecule has 0 unspecified atom stereocenters. The summed E-state index contributed by atoms with van der Waals surface area (Å²) in [7, 11) is 0. The summed E-state index contributed by atoms with van der Waals surface area (Å²) in [4.78, 5) is 36.8. The molecule has 0 aliphatic rings. The van der Waals surface area contributed by atoms with E-state index < -0.39 is 29.9 Å². The highest BCUT2D eigenvalue weighted by atomic mass is 16.5. The number of ether oxygens (including phenoxy) is 1. The Bertz CT molecular complexity index is 1100. The van der Waals surface area contributed by atoms with Crippen LogP contribution in [0.25, 0.3) is 0 Å². The highest BCUT2D eigenvalue weighted by Crippen LogP contribution is 2.22. The minimum Gasteiger partial charge on any atom is -0.449 e. The maximum atomic E-state index is 12.8. The highest BCUT2D eigenvalue weighted by Gasteiger charge is 2.23. The molecular weight excluding hydrogens is 418 g/mol. The summed E-state index contributed by atoms with van der Waals surface area (Å²) in [6.45, 7) is 1.51. The summed E-state index contributed by atoms with van der Waals surface area (Å²) in [5, 5.41) is 14.0. The molecule has 0 aromatic heterocycles. The Hall–Kier alpha value is -4.44. The standard InChI is InChI=1S/C26H23N3O4/c1-18(33-26(32)21-12-14-22(15-13-21)28-23(30)16-17-27)25(31)29-24(19-8-4-2-5-9-19)20-10-6-3-7-11-20/h2-15,18,24H,16H2,1H3,(H,28,30)(H,29,31)/t18-/m0/s1. The SMILES string of the molecule is C[C@H](OC(=O)c1ccc(NC(=O)CC#N)cc1)C(=O)NC(c1ccccc1)c1ccccc1.